The van der Waals surface area contributed by atoms with Crippen LogP contribution in [0.4, 0.5) is 5.69 Å². The molecule has 0 N–H and O–H groups in total. The molecule has 0 bridgehead atoms. The van der Waals surface area contributed by atoms with E-state index < -0.39 is 6.04 Å². The van der Waals surface area contributed by atoms with Crippen LogP contribution in [-0.4, -0.2) is 52.5 Å². The number of para-hydroxylation sites is 2. The number of carbonyl (C=O) groups is 2. The van der Waals surface area contributed by atoms with E-state index in [1.807, 2.05) is 65.4 Å². The zero-order chi connectivity index (χ0) is 20.7. The maximum Gasteiger partial charge on any atom is 0.290 e. The van der Waals surface area contributed by atoms with Crippen molar-refractivity contribution in [2.24, 2.45) is 0 Å². The summed E-state index contributed by atoms with van der Waals surface area (Å²) >= 11 is 0. The second-order valence-corrected chi connectivity index (χ2v) is 7.60. The Balaban J connectivity index is 1.39. The number of nitrogens with zero attached hydrogens (tertiary/aromatic N) is 4. The van der Waals surface area contributed by atoms with E-state index in [0.29, 0.717) is 36.8 Å². The van der Waals surface area contributed by atoms with Crippen molar-refractivity contribution in [3.8, 4) is 5.75 Å². The summed E-state index contributed by atoms with van der Waals surface area (Å²) in [4.78, 5) is 34.1. The predicted molar refractivity (Wildman–Crippen MR) is 112 cm³/mol. The fraction of sp³-hybridized carbons (Fsp3) is 0.261. The minimum absolute atomic E-state index is 0.128. The average Bonchev–Trinajstić information content (AvgIpc) is 3.13. The Labute approximate surface area is 174 Å². The maximum atomic E-state index is 13.2. The Morgan fingerprint density at radius 3 is 2.63 bits per heavy atom. The molecule has 0 spiro atoms. The van der Waals surface area contributed by atoms with Crippen molar-refractivity contribution in [1.29, 1.82) is 0 Å². The molecule has 3 heterocycles. The molecule has 2 amide bonds. The molecule has 0 radical (unpaired) electrons. The quantitative estimate of drug-likeness (QED) is 0.675. The molecular formula is C23H22N4O3. The first-order chi connectivity index (χ1) is 14.6. The number of imidazole rings is 1. The fourth-order valence-electron chi connectivity index (χ4n) is 4.11. The van der Waals surface area contributed by atoms with Crippen LogP contribution in [0.2, 0.25) is 0 Å². The lowest BCUT2D eigenvalue weighted by Crippen LogP contribution is -2.55. The number of amides is 2. The molecule has 152 valence electrons. The van der Waals surface area contributed by atoms with E-state index in [1.54, 1.807) is 16.8 Å². The zero-order valence-electron chi connectivity index (χ0n) is 16.7. The van der Waals surface area contributed by atoms with Crippen molar-refractivity contribution in [3.05, 3.63) is 77.9 Å². The van der Waals surface area contributed by atoms with E-state index in [1.165, 1.54) is 0 Å². The van der Waals surface area contributed by atoms with Gasteiger partial charge in [0.25, 0.3) is 11.8 Å². The van der Waals surface area contributed by atoms with Gasteiger partial charge in [-0.25, -0.2) is 4.98 Å². The van der Waals surface area contributed by atoms with Crippen LogP contribution < -0.4 is 9.64 Å². The van der Waals surface area contributed by atoms with Gasteiger partial charge in [-0.3, -0.25) is 9.59 Å². The highest BCUT2D eigenvalue weighted by molar-refractivity contribution is 6.02. The third-order valence-corrected chi connectivity index (χ3v) is 5.70. The number of fused-ring (bicyclic) bond motifs is 2. The Hall–Kier alpha value is -3.61. The van der Waals surface area contributed by atoms with Gasteiger partial charge in [0, 0.05) is 32.8 Å². The second kappa shape index (κ2) is 7.33. The molecule has 5 rings (SSSR count). The highest BCUT2D eigenvalue weighted by Gasteiger charge is 2.39. The van der Waals surface area contributed by atoms with Gasteiger partial charge in [0.2, 0.25) is 0 Å². The van der Waals surface area contributed by atoms with Gasteiger partial charge in [0.15, 0.2) is 5.82 Å². The van der Waals surface area contributed by atoms with Crippen LogP contribution in [0.3, 0.4) is 0 Å². The standard InChI is InChI=1S/C23H22N4O3/c1-25-18-9-5-6-10-20(18)30-15-19(22(25)28)27-12-11-26-14-17(24-21(26)23(27)29)13-16-7-3-2-4-8-16/h2-10,14,19H,11-13,15H2,1H3/t19-/m0/s1. The fourth-order valence-corrected chi connectivity index (χ4v) is 4.11. The summed E-state index contributed by atoms with van der Waals surface area (Å²) in [6.45, 7) is 1.17. The zero-order valence-corrected chi connectivity index (χ0v) is 16.7. The van der Waals surface area contributed by atoms with E-state index in [-0.39, 0.29) is 18.4 Å². The van der Waals surface area contributed by atoms with Gasteiger partial charge in [-0.15, -0.1) is 0 Å². The van der Waals surface area contributed by atoms with Crippen molar-refractivity contribution in [2.45, 2.75) is 19.0 Å². The molecule has 0 unspecified atom stereocenters. The third kappa shape index (κ3) is 3.12. The lowest BCUT2D eigenvalue weighted by atomic mass is 10.1. The summed E-state index contributed by atoms with van der Waals surface area (Å²) in [7, 11) is 1.72. The van der Waals surface area contributed by atoms with Crippen LogP contribution in [0, 0.1) is 0 Å². The molecular weight excluding hydrogens is 380 g/mol. The minimum Gasteiger partial charge on any atom is -0.489 e. The molecule has 2 aromatic carbocycles. The maximum absolute atomic E-state index is 13.2. The van der Waals surface area contributed by atoms with Crippen LogP contribution in [0.25, 0.3) is 0 Å². The summed E-state index contributed by atoms with van der Waals surface area (Å²) in [5.41, 5.74) is 2.70. The average molecular weight is 402 g/mol. The van der Waals surface area contributed by atoms with Crippen molar-refractivity contribution < 1.29 is 14.3 Å². The van der Waals surface area contributed by atoms with E-state index >= 15 is 0 Å². The molecule has 1 aromatic heterocycles. The smallest absolute Gasteiger partial charge is 0.290 e. The number of anilines is 1. The van der Waals surface area contributed by atoms with Crippen molar-refractivity contribution in [2.75, 3.05) is 25.1 Å². The van der Waals surface area contributed by atoms with Crippen molar-refractivity contribution in [1.82, 2.24) is 14.5 Å². The molecule has 2 aliphatic heterocycles. The molecule has 2 aliphatic rings. The largest absolute Gasteiger partial charge is 0.489 e. The van der Waals surface area contributed by atoms with Gasteiger partial charge in [0.05, 0.1) is 11.4 Å². The van der Waals surface area contributed by atoms with Crippen LogP contribution in [0.1, 0.15) is 21.9 Å². The summed E-state index contributed by atoms with van der Waals surface area (Å²) in [6.07, 6.45) is 2.60. The van der Waals surface area contributed by atoms with Gasteiger partial charge in [0.1, 0.15) is 18.4 Å². The number of likely N-dealkylation sites (N-methyl/N-ethyl adjacent to an activating group) is 1. The van der Waals surface area contributed by atoms with E-state index in [9.17, 15) is 9.59 Å². The number of rotatable bonds is 3. The molecule has 0 fully saturated rings. The Morgan fingerprint density at radius 1 is 1.03 bits per heavy atom. The topological polar surface area (TPSA) is 67.7 Å². The van der Waals surface area contributed by atoms with Gasteiger partial charge in [-0.1, -0.05) is 42.5 Å². The van der Waals surface area contributed by atoms with Gasteiger partial charge in [-0.05, 0) is 17.7 Å². The molecule has 3 aromatic rings. The molecule has 0 aliphatic carbocycles. The van der Waals surface area contributed by atoms with Gasteiger partial charge in [-0.2, -0.15) is 0 Å². The van der Waals surface area contributed by atoms with Crippen molar-refractivity contribution >= 4 is 17.5 Å². The van der Waals surface area contributed by atoms with Gasteiger partial charge >= 0.3 is 0 Å². The molecule has 7 nitrogen and oxygen atoms in total. The first-order valence-corrected chi connectivity index (χ1v) is 10.0. The predicted octanol–water partition coefficient (Wildman–Crippen LogP) is 2.35. The Morgan fingerprint density at radius 2 is 1.80 bits per heavy atom. The molecule has 0 saturated carbocycles. The second-order valence-electron chi connectivity index (χ2n) is 7.60. The van der Waals surface area contributed by atoms with E-state index in [2.05, 4.69) is 4.98 Å². The normalized spacial score (nSPS) is 18.5. The monoisotopic (exact) mass is 402 g/mol. The number of hydrogen-bond donors (Lipinski definition) is 0. The number of aromatic nitrogens is 2. The summed E-state index contributed by atoms with van der Waals surface area (Å²) in [6, 6.07) is 16.8. The molecule has 7 heteroatoms. The number of carbonyl (C=O) groups excluding carboxylic acids is 2. The SMILES string of the molecule is CN1C(=O)[C@@H](N2CCn3cc(Cc4ccccc4)nc3C2=O)COc2ccccc21. The molecule has 1 atom stereocenters. The number of ether oxygens (including phenoxy) is 1. The third-order valence-electron chi connectivity index (χ3n) is 5.70. The van der Waals surface area contributed by atoms with Crippen LogP contribution in [0.5, 0.6) is 5.75 Å². The van der Waals surface area contributed by atoms with E-state index in [0.717, 1.165) is 11.3 Å². The van der Waals surface area contributed by atoms with Crippen LogP contribution in [0.15, 0.2) is 60.8 Å². The lowest BCUT2D eigenvalue weighted by Gasteiger charge is -2.33. The van der Waals surface area contributed by atoms with Crippen molar-refractivity contribution in [3.63, 3.8) is 0 Å². The summed E-state index contributed by atoms with van der Waals surface area (Å²) < 4.78 is 7.78. The number of hydrogen-bond acceptors (Lipinski definition) is 4. The Bertz CT molecular complexity index is 1110. The summed E-state index contributed by atoms with van der Waals surface area (Å²) in [5.74, 6) is 0.635. The number of benzene rings is 2. The highest BCUT2D eigenvalue weighted by Crippen LogP contribution is 2.31. The minimum atomic E-state index is -0.682. The molecule has 30 heavy (non-hydrogen) atoms. The first kappa shape index (κ1) is 18.4. The van der Waals surface area contributed by atoms with Gasteiger partial charge < -0.3 is 19.1 Å². The lowest BCUT2D eigenvalue weighted by molar-refractivity contribution is -0.123. The van der Waals surface area contributed by atoms with Crippen LogP contribution >= 0.6 is 0 Å². The molecule has 0 saturated heterocycles. The summed E-state index contributed by atoms with van der Waals surface area (Å²) in [5, 5.41) is 0. The first-order valence-electron chi connectivity index (χ1n) is 10.0. The van der Waals surface area contributed by atoms with Crippen LogP contribution in [-0.2, 0) is 17.8 Å². The highest BCUT2D eigenvalue weighted by atomic mass is 16.5. The van der Waals surface area contributed by atoms with E-state index in [4.69, 9.17) is 4.74 Å². The Kier molecular flexibility index (Phi) is 4.50.